The maximum atomic E-state index is 10.7. The number of nitro groups is 1. The third-order valence-electron chi connectivity index (χ3n) is 4.11. The number of nitro benzene ring substituents is 1. The maximum absolute atomic E-state index is 10.7. The first kappa shape index (κ1) is 16.7. The van der Waals surface area contributed by atoms with Crippen LogP contribution in [0.5, 0.6) is 5.75 Å². The molecule has 1 fully saturated rings. The van der Waals surface area contributed by atoms with E-state index in [-0.39, 0.29) is 5.69 Å². The van der Waals surface area contributed by atoms with E-state index in [4.69, 9.17) is 9.47 Å². The Morgan fingerprint density at radius 1 is 1.27 bits per heavy atom. The molecule has 0 saturated carbocycles. The van der Waals surface area contributed by atoms with Crippen LogP contribution in [-0.4, -0.2) is 44.4 Å². The molecule has 0 atom stereocenters. The molecule has 0 unspecified atom stereocenters. The van der Waals surface area contributed by atoms with Gasteiger partial charge in [0, 0.05) is 6.07 Å². The molecule has 0 radical (unpaired) electrons. The molecule has 0 bridgehead atoms. The Labute approximate surface area is 131 Å². The molecular weight excluding hydrogens is 284 g/mol. The van der Waals surface area contributed by atoms with Crippen molar-refractivity contribution in [2.24, 2.45) is 5.92 Å². The Kier molecular flexibility index (Phi) is 6.61. The summed E-state index contributed by atoms with van der Waals surface area (Å²) in [6.07, 6.45) is 2.62. The van der Waals surface area contributed by atoms with Crippen LogP contribution >= 0.6 is 0 Å². The zero-order valence-electron chi connectivity index (χ0n) is 13.1. The van der Waals surface area contributed by atoms with E-state index >= 15 is 0 Å². The van der Waals surface area contributed by atoms with Gasteiger partial charge in [0.2, 0.25) is 0 Å². The molecule has 0 aliphatic carbocycles. The summed E-state index contributed by atoms with van der Waals surface area (Å²) in [6, 6.07) is 6.21. The van der Waals surface area contributed by atoms with E-state index in [1.165, 1.54) is 38.1 Å². The summed E-state index contributed by atoms with van der Waals surface area (Å²) < 4.78 is 11.0. The van der Waals surface area contributed by atoms with Gasteiger partial charge in [-0.15, -0.1) is 0 Å². The molecule has 2 rings (SSSR count). The van der Waals surface area contributed by atoms with Crippen LogP contribution in [0.15, 0.2) is 24.3 Å². The van der Waals surface area contributed by atoms with Crippen molar-refractivity contribution in [2.45, 2.75) is 19.8 Å². The summed E-state index contributed by atoms with van der Waals surface area (Å²) in [5, 5.41) is 10.7. The molecule has 22 heavy (non-hydrogen) atoms. The number of benzene rings is 1. The van der Waals surface area contributed by atoms with Crippen LogP contribution in [0, 0.1) is 16.0 Å². The van der Waals surface area contributed by atoms with Gasteiger partial charge in [-0.25, -0.2) is 0 Å². The quantitative estimate of drug-likeness (QED) is 0.447. The van der Waals surface area contributed by atoms with Crippen molar-refractivity contribution in [2.75, 3.05) is 39.5 Å². The van der Waals surface area contributed by atoms with Gasteiger partial charge >= 0.3 is 0 Å². The molecule has 1 aromatic carbocycles. The summed E-state index contributed by atoms with van der Waals surface area (Å²) in [5.41, 5.74) is 0.0429. The number of ether oxygens (including phenoxy) is 2. The van der Waals surface area contributed by atoms with Gasteiger partial charge in [-0.05, 0) is 24.8 Å². The fourth-order valence-corrected chi connectivity index (χ4v) is 2.64. The SMILES string of the molecule is CC1CC[NH+](CCOCCOc2cccc([N+](=O)[O-])c2)CC1. The van der Waals surface area contributed by atoms with Crippen molar-refractivity contribution in [1.29, 1.82) is 0 Å². The minimum atomic E-state index is -0.425. The highest BCUT2D eigenvalue weighted by atomic mass is 16.6. The highest BCUT2D eigenvalue weighted by Crippen LogP contribution is 2.18. The summed E-state index contributed by atoms with van der Waals surface area (Å²) >= 11 is 0. The summed E-state index contributed by atoms with van der Waals surface area (Å²) in [7, 11) is 0. The van der Waals surface area contributed by atoms with E-state index in [0.29, 0.717) is 19.0 Å². The van der Waals surface area contributed by atoms with Crippen LogP contribution in [0.2, 0.25) is 0 Å². The van der Waals surface area contributed by atoms with Crippen molar-refractivity contribution in [1.82, 2.24) is 0 Å². The molecule has 1 aliphatic rings. The first-order chi connectivity index (χ1) is 10.6. The lowest BCUT2D eigenvalue weighted by Gasteiger charge is -2.27. The monoisotopic (exact) mass is 309 g/mol. The summed E-state index contributed by atoms with van der Waals surface area (Å²) in [6.45, 7) is 7.51. The number of quaternary nitrogens is 1. The standard InChI is InChI=1S/C16H24N2O4/c1-14-5-7-17(8-6-14)9-10-21-11-12-22-16-4-2-3-15(13-16)18(19)20/h2-4,13-14H,5-12H2,1H3/p+1. The topological polar surface area (TPSA) is 66.0 Å². The van der Waals surface area contributed by atoms with Crippen molar-refractivity contribution in [3.8, 4) is 5.75 Å². The van der Waals surface area contributed by atoms with Gasteiger partial charge in [-0.1, -0.05) is 13.0 Å². The average Bonchev–Trinajstić information content (AvgIpc) is 2.52. The normalized spacial score (nSPS) is 21.5. The smallest absolute Gasteiger partial charge is 0.273 e. The van der Waals surface area contributed by atoms with Crippen LogP contribution in [0.25, 0.3) is 0 Å². The molecule has 0 spiro atoms. The number of non-ortho nitro benzene ring substituents is 1. The molecule has 1 N–H and O–H groups in total. The maximum Gasteiger partial charge on any atom is 0.273 e. The third kappa shape index (κ3) is 5.61. The molecule has 0 aromatic heterocycles. The predicted octanol–water partition coefficient (Wildman–Crippen LogP) is 1.31. The fraction of sp³-hybridized carbons (Fsp3) is 0.625. The van der Waals surface area contributed by atoms with Crippen LogP contribution in [0.1, 0.15) is 19.8 Å². The van der Waals surface area contributed by atoms with E-state index in [9.17, 15) is 10.1 Å². The minimum absolute atomic E-state index is 0.0429. The molecule has 6 nitrogen and oxygen atoms in total. The number of hydrogen-bond donors (Lipinski definition) is 1. The Bertz CT molecular complexity index is 473. The number of nitrogens with one attached hydrogen (secondary N) is 1. The largest absolute Gasteiger partial charge is 0.491 e. The molecule has 1 heterocycles. The molecule has 1 aliphatic heterocycles. The molecule has 122 valence electrons. The molecule has 0 amide bonds. The van der Waals surface area contributed by atoms with Crippen LogP contribution < -0.4 is 9.64 Å². The van der Waals surface area contributed by atoms with E-state index < -0.39 is 4.92 Å². The van der Waals surface area contributed by atoms with E-state index in [1.807, 2.05) is 0 Å². The lowest BCUT2D eigenvalue weighted by molar-refractivity contribution is -0.906. The molecule has 6 heteroatoms. The molecule has 1 aromatic rings. The first-order valence-electron chi connectivity index (χ1n) is 7.93. The van der Waals surface area contributed by atoms with Gasteiger partial charge in [0.25, 0.3) is 5.69 Å². The van der Waals surface area contributed by atoms with Gasteiger partial charge < -0.3 is 14.4 Å². The Morgan fingerprint density at radius 2 is 2.05 bits per heavy atom. The van der Waals surface area contributed by atoms with E-state index in [1.54, 1.807) is 17.0 Å². The Hall–Kier alpha value is -1.66. The lowest BCUT2D eigenvalue weighted by atomic mass is 9.99. The second kappa shape index (κ2) is 8.70. The molecular formula is C16H25N2O4+. The van der Waals surface area contributed by atoms with E-state index in [2.05, 4.69) is 6.92 Å². The van der Waals surface area contributed by atoms with Gasteiger partial charge in [0.1, 0.15) is 18.9 Å². The number of rotatable bonds is 8. The van der Waals surface area contributed by atoms with Crippen LogP contribution in [0.3, 0.4) is 0 Å². The minimum Gasteiger partial charge on any atom is -0.491 e. The summed E-state index contributed by atoms with van der Waals surface area (Å²) in [4.78, 5) is 11.9. The van der Waals surface area contributed by atoms with Crippen LogP contribution in [-0.2, 0) is 4.74 Å². The molecule has 1 saturated heterocycles. The first-order valence-corrected chi connectivity index (χ1v) is 7.93. The highest BCUT2D eigenvalue weighted by molar-refractivity contribution is 5.37. The summed E-state index contributed by atoms with van der Waals surface area (Å²) in [5.74, 6) is 1.38. The van der Waals surface area contributed by atoms with Gasteiger partial charge in [-0.2, -0.15) is 0 Å². The van der Waals surface area contributed by atoms with Gasteiger partial charge in [0.15, 0.2) is 0 Å². The second-order valence-corrected chi connectivity index (χ2v) is 5.90. The van der Waals surface area contributed by atoms with Crippen LogP contribution in [0.4, 0.5) is 5.69 Å². The highest BCUT2D eigenvalue weighted by Gasteiger charge is 2.18. The zero-order valence-corrected chi connectivity index (χ0v) is 13.1. The van der Waals surface area contributed by atoms with Crippen molar-refractivity contribution in [3.63, 3.8) is 0 Å². The second-order valence-electron chi connectivity index (χ2n) is 5.90. The van der Waals surface area contributed by atoms with Crippen molar-refractivity contribution < 1.29 is 19.3 Å². The Morgan fingerprint density at radius 3 is 2.77 bits per heavy atom. The Balaban J connectivity index is 1.56. The van der Waals surface area contributed by atoms with Gasteiger partial charge in [-0.3, -0.25) is 10.1 Å². The average molecular weight is 309 g/mol. The van der Waals surface area contributed by atoms with Gasteiger partial charge in [0.05, 0.1) is 37.3 Å². The number of nitrogens with zero attached hydrogens (tertiary/aromatic N) is 1. The number of hydrogen-bond acceptors (Lipinski definition) is 4. The fourth-order valence-electron chi connectivity index (χ4n) is 2.64. The number of piperidine rings is 1. The number of likely N-dealkylation sites (tertiary alicyclic amines) is 1. The lowest BCUT2D eigenvalue weighted by Crippen LogP contribution is -3.13. The zero-order chi connectivity index (χ0) is 15.8. The third-order valence-corrected chi connectivity index (χ3v) is 4.11. The van der Waals surface area contributed by atoms with Crippen molar-refractivity contribution >= 4 is 5.69 Å². The van der Waals surface area contributed by atoms with Crippen molar-refractivity contribution in [3.05, 3.63) is 34.4 Å². The van der Waals surface area contributed by atoms with E-state index in [0.717, 1.165) is 19.1 Å². The predicted molar refractivity (Wildman–Crippen MR) is 83.4 cm³/mol.